The minimum Gasteiger partial charge on any atom is -0.467 e. The van der Waals surface area contributed by atoms with Crippen LogP contribution in [0, 0.1) is 6.92 Å². The van der Waals surface area contributed by atoms with Gasteiger partial charge in [-0.25, -0.2) is 4.68 Å². The molecule has 5 heteroatoms. The standard InChI is InChI=1S/C14H16N2O2S/c1-9(2)18-14(19)16-8-12(13(17)15-16)11-7-5-4-6-10(11)3/h4-9H,1-3H3,(H,15,17). The molecule has 0 aliphatic carbocycles. The van der Waals surface area contributed by atoms with Crippen LogP contribution in [0.1, 0.15) is 19.4 Å². The number of hydrogen-bond donors (Lipinski definition) is 1. The number of H-pyrrole nitrogens is 1. The summed E-state index contributed by atoms with van der Waals surface area (Å²) in [7, 11) is 0. The van der Waals surface area contributed by atoms with Crippen molar-refractivity contribution in [3.8, 4) is 11.1 Å². The normalized spacial score (nSPS) is 10.7. The fourth-order valence-corrected chi connectivity index (χ4v) is 2.10. The average Bonchev–Trinajstić information content (AvgIpc) is 2.71. The van der Waals surface area contributed by atoms with Crippen LogP contribution in [-0.4, -0.2) is 21.1 Å². The first kappa shape index (κ1) is 13.5. The molecule has 0 fully saturated rings. The van der Waals surface area contributed by atoms with Crippen LogP contribution in [0.4, 0.5) is 0 Å². The van der Waals surface area contributed by atoms with Crippen molar-refractivity contribution in [2.75, 3.05) is 0 Å². The molecule has 2 rings (SSSR count). The number of nitrogens with zero attached hydrogens (tertiary/aromatic N) is 1. The van der Waals surface area contributed by atoms with E-state index in [0.29, 0.717) is 5.56 Å². The number of benzene rings is 1. The van der Waals surface area contributed by atoms with E-state index in [-0.39, 0.29) is 16.8 Å². The van der Waals surface area contributed by atoms with Crippen LogP contribution in [0.15, 0.2) is 35.3 Å². The summed E-state index contributed by atoms with van der Waals surface area (Å²) in [4.78, 5) is 12.0. The highest BCUT2D eigenvalue weighted by molar-refractivity contribution is 7.80. The van der Waals surface area contributed by atoms with E-state index < -0.39 is 0 Å². The van der Waals surface area contributed by atoms with E-state index in [1.54, 1.807) is 6.20 Å². The van der Waals surface area contributed by atoms with Gasteiger partial charge in [-0.1, -0.05) is 24.3 Å². The van der Waals surface area contributed by atoms with E-state index >= 15 is 0 Å². The highest BCUT2D eigenvalue weighted by Gasteiger charge is 2.12. The van der Waals surface area contributed by atoms with Crippen LogP contribution >= 0.6 is 12.2 Å². The summed E-state index contributed by atoms with van der Waals surface area (Å²) >= 11 is 5.12. The molecule has 2 aromatic rings. The summed E-state index contributed by atoms with van der Waals surface area (Å²) in [5.74, 6) is 0. The van der Waals surface area contributed by atoms with Crippen molar-refractivity contribution in [3.05, 3.63) is 46.4 Å². The van der Waals surface area contributed by atoms with E-state index in [2.05, 4.69) is 5.10 Å². The van der Waals surface area contributed by atoms with Gasteiger partial charge in [0, 0.05) is 6.20 Å². The number of ether oxygens (including phenoxy) is 1. The number of aromatic nitrogens is 2. The molecule has 0 amide bonds. The fourth-order valence-electron chi connectivity index (χ4n) is 1.81. The maximum absolute atomic E-state index is 12.0. The predicted molar refractivity (Wildman–Crippen MR) is 79.4 cm³/mol. The largest absolute Gasteiger partial charge is 0.467 e. The summed E-state index contributed by atoms with van der Waals surface area (Å²) in [6.07, 6.45) is 1.65. The van der Waals surface area contributed by atoms with Gasteiger partial charge >= 0.3 is 0 Å². The van der Waals surface area contributed by atoms with Crippen molar-refractivity contribution in [3.63, 3.8) is 0 Å². The molecule has 1 aromatic heterocycles. The molecule has 0 radical (unpaired) electrons. The van der Waals surface area contributed by atoms with Crippen LogP contribution in [-0.2, 0) is 4.74 Å². The van der Waals surface area contributed by atoms with Gasteiger partial charge in [0.25, 0.3) is 10.7 Å². The highest BCUT2D eigenvalue weighted by atomic mass is 32.1. The fraction of sp³-hybridized carbons (Fsp3) is 0.286. The first-order chi connectivity index (χ1) is 8.99. The van der Waals surface area contributed by atoms with Crippen LogP contribution in [0.3, 0.4) is 0 Å². The lowest BCUT2D eigenvalue weighted by Gasteiger charge is -2.10. The summed E-state index contributed by atoms with van der Waals surface area (Å²) < 4.78 is 6.84. The van der Waals surface area contributed by atoms with Gasteiger partial charge < -0.3 is 4.74 Å². The Kier molecular flexibility index (Phi) is 3.85. The van der Waals surface area contributed by atoms with Crippen molar-refractivity contribution in [1.29, 1.82) is 0 Å². The van der Waals surface area contributed by atoms with E-state index in [1.165, 1.54) is 4.68 Å². The summed E-state index contributed by atoms with van der Waals surface area (Å²) in [5, 5.41) is 2.91. The third-order valence-corrected chi connectivity index (χ3v) is 2.99. The molecule has 0 aliphatic rings. The second kappa shape index (κ2) is 5.40. The van der Waals surface area contributed by atoms with E-state index in [0.717, 1.165) is 11.1 Å². The third-order valence-electron chi connectivity index (χ3n) is 2.69. The van der Waals surface area contributed by atoms with Gasteiger partial charge in [0.15, 0.2) is 0 Å². The first-order valence-corrected chi connectivity index (χ1v) is 6.48. The van der Waals surface area contributed by atoms with Crippen molar-refractivity contribution in [1.82, 2.24) is 9.78 Å². The van der Waals surface area contributed by atoms with Crippen molar-refractivity contribution in [2.24, 2.45) is 0 Å². The minimum atomic E-state index is -0.177. The first-order valence-electron chi connectivity index (χ1n) is 6.07. The summed E-state index contributed by atoms with van der Waals surface area (Å²) in [5.41, 5.74) is 2.35. The molecule has 0 atom stereocenters. The topological polar surface area (TPSA) is 47.0 Å². The summed E-state index contributed by atoms with van der Waals surface area (Å²) in [6.45, 7) is 5.74. The van der Waals surface area contributed by atoms with Gasteiger partial charge in [-0.05, 0) is 44.1 Å². The molecular weight excluding hydrogens is 260 g/mol. The molecule has 19 heavy (non-hydrogen) atoms. The lowest BCUT2D eigenvalue weighted by molar-refractivity contribution is 0.223. The maximum Gasteiger partial charge on any atom is 0.283 e. The Hall–Kier alpha value is -1.88. The quantitative estimate of drug-likeness (QED) is 0.858. The van der Waals surface area contributed by atoms with Crippen LogP contribution in [0.5, 0.6) is 0 Å². The number of rotatable bonds is 2. The Balaban J connectivity index is 2.40. The molecule has 0 aliphatic heterocycles. The van der Waals surface area contributed by atoms with Crippen molar-refractivity contribution in [2.45, 2.75) is 26.9 Å². The number of nitrogens with one attached hydrogen (secondary N) is 1. The van der Waals surface area contributed by atoms with Crippen LogP contribution in [0.25, 0.3) is 11.1 Å². The van der Waals surface area contributed by atoms with Gasteiger partial charge in [-0.15, -0.1) is 0 Å². The second-order valence-electron chi connectivity index (χ2n) is 4.60. The molecule has 4 nitrogen and oxygen atoms in total. The molecule has 1 heterocycles. The SMILES string of the molecule is Cc1ccccc1-c1cn(C(=S)OC(C)C)[nH]c1=O. The van der Waals surface area contributed by atoms with Crippen molar-refractivity contribution < 1.29 is 4.74 Å². The second-order valence-corrected chi connectivity index (χ2v) is 4.95. The number of thiocarbonyl (C=S) groups is 1. The molecular formula is C14H16N2O2S. The van der Waals surface area contributed by atoms with Gasteiger partial charge in [-0.2, -0.15) is 0 Å². The monoisotopic (exact) mass is 276 g/mol. The molecule has 0 bridgehead atoms. The molecule has 0 unspecified atom stereocenters. The average molecular weight is 276 g/mol. The van der Waals surface area contributed by atoms with Crippen LogP contribution < -0.4 is 5.56 Å². The molecule has 1 N–H and O–H groups in total. The Morgan fingerprint density at radius 1 is 1.32 bits per heavy atom. The number of aromatic amines is 1. The smallest absolute Gasteiger partial charge is 0.283 e. The number of hydrogen-bond acceptors (Lipinski definition) is 3. The summed E-state index contributed by atoms with van der Waals surface area (Å²) in [6, 6.07) is 7.73. The zero-order valence-electron chi connectivity index (χ0n) is 11.1. The van der Waals surface area contributed by atoms with Gasteiger partial charge in [0.2, 0.25) is 0 Å². The maximum atomic E-state index is 12.0. The molecule has 0 saturated heterocycles. The Labute approximate surface area is 117 Å². The molecule has 100 valence electrons. The Morgan fingerprint density at radius 2 is 2.00 bits per heavy atom. The van der Waals surface area contributed by atoms with Gasteiger partial charge in [0.05, 0.1) is 11.7 Å². The lowest BCUT2D eigenvalue weighted by Crippen LogP contribution is -2.19. The minimum absolute atomic E-state index is 0.0275. The van der Waals surface area contributed by atoms with E-state index in [1.807, 2.05) is 45.0 Å². The molecule has 0 spiro atoms. The highest BCUT2D eigenvalue weighted by Crippen LogP contribution is 2.19. The lowest BCUT2D eigenvalue weighted by atomic mass is 10.0. The number of aryl methyl sites for hydroxylation is 1. The van der Waals surface area contributed by atoms with E-state index in [4.69, 9.17) is 17.0 Å². The Bertz CT molecular complexity index is 655. The van der Waals surface area contributed by atoms with Crippen molar-refractivity contribution >= 4 is 17.4 Å². The van der Waals surface area contributed by atoms with Crippen LogP contribution in [0.2, 0.25) is 0 Å². The Morgan fingerprint density at radius 3 is 2.63 bits per heavy atom. The van der Waals surface area contributed by atoms with Gasteiger partial charge in [-0.3, -0.25) is 9.89 Å². The zero-order chi connectivity index (χ0) is 14.0. The molecule has 1 aromatic carbocycles. The predicted octanol–water partition coefficient (Wildman–Crippen LogP) is 2.71. The van der Waals surface area contributed by atoms with E-state index in [9.17, 15) is 4.79 Å². The third kappa shape index (κ3) is 2.93. The van der Waals surface area contributed by atoms with Gasteiger partial charge in [0.1, 0.15) is 0 Å². The zero-order valence-corrected chi connectivity index (χ0v) is 12.0. The molecule has 0 saturated carbocycles.